The van der Waals surface area contributed by atoms with Crippen LogP contribution >= 0.6 is 0 Å². The number of rotatable bonds is 6. The molecule has 7 N–H and O–H groups in total. The van der Waals surface area contributed by atoms with E-state index in [2.05, 4.69) is 10.4 Å². The minimum Gasteiger partial charge on any atom is -0.370 e. The molecule has 12 bridgehead atoms. The summed E-state index contributed by atoms with van der Waals surface area (Å²) >= 11 is 0. The maximum atomic E-state index is 12.6. The molecule has 0 aromatic carbocycles. The average Bonchev–Trinajstić information content (AvgIpc) is 4.26. The maximum absolute atomic E-state index is 12.6. The molecule has 19 aliphatic rings. The largest absolute Gasteiger partial charge is 0.370 e. The van der Waals surface area contributed by atoms with Crippen LogP contribution in [0.15, 0.2) is 4.99 Å². The molecule has 15 aliphatic carbocycles. The predicted molar refractivity (Wildman–Crippen MR) is 285 cm³/mol. The van der Waals surface area contributed by atoms with Gasteiger partial charge in [-0.05, 0) is 188 Å². The van der Waals surface area contributed by atoms with Crippen LogP contribution in [0.5, 0.6) is 0 Å². The summed E-state index contributed by atoms with van der Waals surface area (Å²) in [6.07, 6.45) is 30.4. The molecule has 4 aliphatic heterocycles. The number of sulfone groups is 1. The number of carbonyl (C=O) groups is 3. The SMILES string of the molecule is NC(N)=NC(=O)CC1CCC2(CC1)OOC1(O2)C2CC3CC(C2)CC1C3.NNC(=O)CC1CCC2(CC1)OOC1(O2)C2CC3CC(C2)CC1C3.O=C(CC1CCC2(CC1)OOC1(O2)C2CC3CC(C2)CC1C3)N1CCS(=O)(=O)CC1. The van der Waals surface area contributed by atoms with E-state index in [-0.39, 0.29) is 41.1 Å². The quantitative estimate of drug-likeness (QED) is 0.0510. The van der Waals surface area contributed by atoms with Gasteiger partial charge in [-0.3, -0.25) is 19.8 Å². The molecular formula is C59H90N6O14S. The van der Waals surface area contributed by atoms with Crippen molar-refractivity contribution in [2.45, 2.75) is 227 Å². The number of carbonyl (C=O) groups excluding carboxylic acids is 3. The molecule has 0 radical (unpaired) electrons. The summed E-state index contributed by atoms with van der Waals surface area (Å²) < 4.78 is 43.3. The van der Waals surface area contributed by atoms with Gasteiger partial charge in [0.15, 0.2) is 15.8 Å². The van der Waals surface area contributed by atoms with Crippen LogP contribution < -0.4 is 22.7 Å². The fourth-order valence-electron chi connectivity index (χ4n) is 20.4. The predicted octanol–water partition coefficient (Wildman–Crippen LogP) is 7.23. The molecule has 446 valence electrons. The van der Waals surface area contributed by atoms with Gasteiger partial charge in [-0.25, -0.2) is 14.3 Å². The molecule has 19 rings (SSSR count). The van der Waals surface area contributed by atoms with Gasteiger partial charge >= 0.3 is 0 Å². The number of hydrazine groups is 1. The summed E-state index contributed by atoms with van der Waals surface area (Å²) in [5.41, 5.74) is 12.8. The van der Waals surface area contributed by atoms with E-state index in [1.165, 1.54) is 96.3 Å². The summed E-state index contributed by atoms with van der Waals surface area (Å²) in [5, 5.41) is 0. The van der Waals surface area contributed by atoms with Gasteiger partial charge in [0.05, 0.1) is 11.5 Å². The Morgan fingerprint density at radius 3 is 1.09 bits per heavy atom. The van der Waals surface area contributed by atoms with Gasteiger partial charge in [-0.1, -0.05) is 0 Å². The first-order valence-electron chi connectivity index (χ1n) is 31.7. The summed E-state index contributed by atoms with van der Waals surface area (Å²) in [6, 6.07) is 0. The Balaban J connectivity index is 0.000000109. The molecule has 6 spiro atoms. The minimum atomic E-state index is -2.96. The summed E-state index contributed by atoms with van der Waals surface area (Å²) in [5.74, 6) is 10.7. The van der Waals surface area contributed by atoms with Crippen molar-refractivity contribution in [3.63, 3.8) is 0 Å². The molecule has 15 saturated carbocycles. The second-order valence-electron chi connectivity index (χ2n) is 29.1. The lowest BCUT2D eigenvalue weighted by Gasteiger charge is -2.57. The Labute approximate surface area is 471 Å². The van der Waals surface area contributed by atoms with Crippen molar-refractivity contribution in [2.75, 3.05) is 24.6 Å². The third-order valence-electron chi connectivity index (χ3n) is 23.9. The van der Waals surface area contributed by atoms with Crippen molar-refractivity contribution in [2.24, 2.45) is 111 Å². The Hall–Kier alpha value is -2.57. The number of nitrogens with zero attached hydrogens (tertiary/aromatic N) is 2. The number of ether oxygens (including phenoxy) is 3. The van der Waals surface area contributed by atoms with Crippen molar-refractivity contribution in [3.8, 4) is 0 Å². The lowest BCUT2D eigenvalue weighted by molar-refractivity contribution is -0.390. The second kappa shape index (κ2) is 20.8. The van der Waals surface area contributed by atoms with Crippen molar-refractivity contribution in [1.29, 1.82) is 0 Å². The van der Waals surface area contributed by atoms with Crippen molar-refractivity contribution in [1.82, 2.24) is 10.3 Å². The zero-order valence-corrected chi connectivity index (χ0v) is 47.8. The van der Waals surface area contributed by atoms with Crippen molar-refractivity contribution >= 4 is 33.5 Å². The molecule has 0 atom stereocenters. The zero-order chi connectivity index (χ0) is 54.9. The van der Waals surface area contributed by atoms with E-state index in [1.54, 1.807) is 4.90 Å². The highest BCUT2D eigenvalue weighted by Crippen LogP contribution is 2.67. The van der Waals surface area contributed by atoms with E-state index < -0.39 is 44.6 Å². The van der Waals surface area contributed by atoms with Crippen LogP contribution in [0.4, 0.5) is 0 Å². The number of nitrogens with one attached hydrogen (secondary N) is 1. The number of amides is 3. The van der Waals surface area contributed by atoms with E-state index in [4.69, 9.17) is 60.8 Å². The lowest BCUT2D eigenvalue weighted by Crippen LogP contribution is -2.59. The normalized spacial score (nSPS) is 50.1. The Kier molecular flexibility index (Phi) is 14.4. The topological polar surface area (TPSA) is 274 Å². The molecule has 0 unspecified atom stereocenters. The third kappa shape index (κ3) is 10.2. The van der Waals surface area contributed by atoms with Crippen LogP contribution in [-0.4, -0.2) is 96.3 Å². The zero-order valence-electron chi connectivity index (χ0n) is 47.0. The molecule has 80 heavy (non-hydrogen) atoms. The Morgan fingerprint density at radius 1 is 0.463 bits per heavy atom. The van der Waals surface area contributed by atoms with Crippen LogP contribution in [-0.2, 0) is 67.8 Å². The molecule has 4 saturated heterocycles. The van der Waals surface area contributed by atoms with Gasteiger partial charge in [-0.15, -0.1) is 0 Å². The van der Waals surface area contributed by atoms with E-state index >= 15 is 0 Å². The molecule has 4 heterocycles. The maximum Gasteiger partial charge on any atom is 0.249 e. The summed E-state index contributed by atoms with van der Waals surface area (Å²) in [7, 11) is -2.96. The highest BCUT2D eigenvalue weighted by Gasteiger charge is 2.70. The number of hydrogen-bond donors (Lipinski definition) is 4. The molecule has 21 heteroatoms. The molecule has 20 nitrogen and oxygen atoms in total. The molecule has 0 aromatic rings. The number of hydrogen-bond acceptors (Lipinski definition) is 15. The van der Waals surface area contributed by atoms with Gasteiger partial charge in [0.2, 0.25) is 52.4 Å². The standard InChI is InChI=1S/C22H33NO6S.C19H29N3O4.C18H28N2O4/c24-20(23-5-7-30(25,26)8-6-23)14-15-1-3-21(4-2-15)27-22(29-28-21)18-10-16-9-17(12-18)13-19(22)11-16;20-17(21)22-16(23)10-11-1-3-18(4-2-11)24-19(26-25-18)14-6-12-5-13(8-14)9-15(19)7-12;19-20-16(21)10-11-1-3-17(4-2-11)22-18(24-23-17)14-6-12-5-13(8-14)9-15(18)7-12/h15-19H,1-14H2;11-15H,1-10H2,(H4,20,21,22,23);11-15H,1-10,19H2,(H,20,21). The van der Waals surface area contributed by atoms with Gasteiger partial charge < -0.3 is 30.6 Å². The smallest absolute Gasteiger partial charge is 0.249 e. The molecule has 19 fully saturated rings. The van der Waals surface area contributed by atoms with Crippen LogP contribution in [0.1, 0.15) is 193 Å². The summed E-state index contributed by atoms with van der Waals surface area (Å²) in [6.45, 7) is 0.677. The van der Waals surface area contributed by atoms with Crippen LogP contribution in [0.2, 0.25) is 0 Å². The average molecular weight is 1140 g/mol. The van der Waals surface area contributed by atoms with E-state index in [0.29, 0.717) is 79.7 Å². The fraction of sp³-hybridized carbons (Fsp3) is 0.932. The minimum absolute atomic E-state index is 0.0852. The van der Waals surface area contributed by atoms with Crippen LogP contribution in [0, 0.1) is 88.8 Å². The lowest BCUT2D eigenvalue weighted by atomic mass is 9.53. The van der Waals surface area contributed by atoms with Crippen molar-refractivity contribution in [3.05, 3.63) is 0 Å². The first kappa shape index (κ1) is 55.3. The third-order valence-corrected chi connectivity index (χ3v) is 25.6. The van der Waals surface area contributed by atoms with E-state index in [0.717, 1.165) is 113 Å². The van der Waals surface area contributed by atoms with Crippen LogP contribution in [0.25, 0.3) is 0 Å². The molecule has 0 aromatic heterocycles. The first-order valence-corrected chi connectivity index (χ1v) is 33.5. The van der Waals surface area contributed by atoms with Gasteiger partial charge in [-0.2, -0.15) is 34.3 Å². The highest BCUT2D eigenvalue weighted by molar-refractivity contribution is 7.91. The number of aliphatic imine (C=N–C) groups is 1. The Morgan fingerprint density at radius 2 is 0.775 bits per heavy atom. The second-order valence-corrected chi connectivity index (χ2v) is 31.4. The number of guanidine groups is 1. The fourth-order valence-corrected chi connectivity index (χ4v) is 21.6. The first-order chi connectivity index (χ1) is 38.4. The van der Waals surface area contributed by atoms with Gasteiger partial charge in [0.25, 0.3) is 0 Å². The Bertz CT molecular complexity index is 2400. The summed E-state index contributed by atoms with van der Waals surface area (Å²) in [4.78, 5) is 77.2. The molecule has 3 amide bonds. The van der Waals surface area contributed by atoms with Crippen LogP contribution in [0.3, 0.4) is 0 Å². The van der Waals surface area contributed by atoms with Gasteiger partial charge in [0.1, 0.15) is 0 Å². The molecular weight excluding hydrogens is 1050 g/mol. The van der Waals surface area contributed by atoms with E-state index in [9.17, 15) is 22.8 Å². The van der Waals surface area contributed by atoms with Crippen molar-refractivity contribution < 1.29 is 66.3 Å². The van der Waals surface area contributed by atoms with E-state index in [1.807, 2.05) is 0 Å². The number of nitrogens with two attached hydrogens (primary N) is 3. The van der Waals surface area contributed by atoms with Gasteiger partial charge in [0, 0.05) is 106 Å². The highest BCUT2D eigenvalue weighted by atomic mass is 32.2. The monoisotopic (exact) mass is 1140 g/mol.